The van der Waals surface area contributed by atoms with Gasteiger partial charge in [-0.05, 0) is 68.7 Å². The lowest BCUT2D eigenvalue weighted by Gasteiger charge is -2.18. The summed E-state index contributed by atoms with van der Waals surface area (Å²) in [6, 6.07) is 9.59. The zero-order valence-corrected chi connectivity index (χ0v) is 18.9. The summed E-state index contributed by atoms with van der Waals surface area (Å²) in [6.45, 7) is 8.19. The number of anilines is 1. The first-order chi connectivity index (χ1) is 15.1. The first-order valence-corrected chi connectivity index (χ1v) is 10.7. The molecule has 1 saturated carbocycles. The van der Waals surface area contributed by atoms with Crippen LogP contribution in [0.25, 0.3) is 17.0 Å². The van der Waals surface area contributed by atoms with E-state index in [1.54, 1.807) is 6.07 Å². The third kappa shape index (κ3) is 4.89. The number of nitrogens with one attached hydrogen (secondary N) is 1. The average molecular weight is 449 g/mol. The fourth-order valence-electron chi connectivity index (χ4n) is 3.50. The van der Waals surface area contributed by atoms with Gasteiger partial charge in [0.25, 0.3) is 0 Å². The van der Waals surface area contributed by atoms with E-state index in [1.807, 2.05) is 32.2 Å². The van der Waals surface area contributed by atoms with E-state index < -0.39 is 17.7 Å². The second kappa shape index (κ2) is 9.22. The molecule has 0 amide bonds. The molecule has 172 valence electrons. The van der Waals surface area contributed by atoms with Gasteiger partial charge in [0.2, 0.25) is 0 Å². The van der Waals surface area contributed by atoms with Gasteiger partial charge in [0.15, 0.2) is 5.69 Å². The molecular formula is C24H28F4N4. The molecule has 1 aliphatic rings. The molecule has 0 saturated heterocycles. The van der Waals surface area contributed by atoms with Crippen molar-refractivity contribution in [2.45, 2.75) is 52.8 Å². The molecule has 0 unspecified atom stereocenters. The third-order valence-electron chi connectivity index (χ3n) is 5.13. The summed E-state index contributed by atoms with van der Waals surface area (Å²) in [6.07, 6.45) is -0.595. The van der Waals surface area contributed by atoms with Gasteiger partial charge in [0.1, 0.15) is 5.82 Å². The summed E-state index contributed by atoms with van der Waals surface area (Å²) in [7, 11) is 1.37. The fourth-order valence-corrected chi connectivity index (χ4v) is 3.50. The first kappa shape index (κ1) is 23.6. The zero-order valence-electron chi connectivity index (χ0n) is 18.9. The summed E-state index contributed by atoms with van der Waals surface area (Å²) >= 11 is 0. The molecule has 0 aliphatic heterocycles. The van der Waals surface area contributed by atoms with Crippen LogP contribution in [-0.4, -0.2) is 14.3 Å². The van der Waals surface area contributed by atoms with Crippen molar-refractivity contribution in [1.82, 2.24) is 14.3 Å². The molecular weight excluding hydrogens is 420 g/mol. The fraction of sp³-hybridized carbons (Fsp3) is 0.375. The van der Waals surface area contributed by atoms with Gasteiger partial charge in [-0.15, -0.1) is 0 Å². The predicted molar refractivity (Wildman–Crippen MR) is 120 cm³/mol. The van der Waals surface area contributed by atoms with Crippen LogP contribution >= 0.6 is 0 Å². The largest absolute Gasteiger partial charge is 0.435 e. The minimum absolute atomic E-state index is 0.0669. The molecule has 3 aromatic rings. The monoisotopic (exact) mass is 448 g/mol. The molecule has 0 bridgehead atoms. The first-order valence-electron chi connectivity index (χ1n) is 10.7. The van der Waals surface area contributed by atoms with E-state index in [4.69, 9.17) is 0 Å². The summed E-state index contributed by atoms with van der Waals surface area (Å²) in [4.78, 5) is 0. The van der Waals surface area contributed by atoms with Crippen LogP contribution in [0, 0.1) is 5.82 Å². The highest BCUT2D eigenvalue weighted by molar-refractivity contribution is 5.80. The van der Waals surface area contributed by atoms with Crippen LogP contribution in [0.4, 0.5) is 23.2 Å². The minimum Gasteiger partial charge on any atom is -0.354 e. The molecule has 1 aliphatic carbocycles. The number of aromatic nitrogens is 3. The Morgan fingerprint density at radius 1 is 1.09 bits per heavy atom. The number of halogens is 4. The molecule has 2 heterocycles. The number of allylic oxidation sites excluding steroid dienone is 1. The molecule has 4 nitrogen and oxygen atoms in total. The normalized spacial score (nSPS) is 13.1. The van der Waals surface area contributed by atoms with Gasteiger partial charge in [-0.25, -0.2) is 4.39 Å². The van der Waals surface area contributed by atoms with Crippen molar-refractivity contribution in [2.24, 2.45) is 7.05 Å². The van der Waals surface area contributed by atoms with E-state index in [0.29, 0.717) is 5.69 Å². The van der Waals surface area contributed by atoms with E-state index in [2.05, 4.69) is 28.8 Å². The lowest BCUT2D eigenvalue weighted by Crippen LogP contribution is -2.08. The Labute approximate surface area is 185 Å². The van der Waals surface area contributed by atoms with Gasteiger partial charge in [-0.3, -0.25) is 4.68 Å². The SMILES string of the molecule is CC.CC(C)n1cccc1C(Nc1ccc(-c2cc(C(F)(F)F)nn2C)c(F)c1)=C1CC1. The van der Waals surface area contributed by atoms with Crippen LogP contribution in [-0.2, 0) is 13.2 Å². The molecule has 0 atom stereocenters. The minimum atomic E-state index is -4.58. The number of nitrogens with zero attached hydrogens (tertiary/aromatic N) is 3. The maximum absolute atomic E-state index is 14.9. The average Bonchev–Trinajstić information content (AvgIpc) is 3.31. The summed E-state index contributed by atoms with van der Waals surface area (Å²) < 4.78 is 56.8. The predicted octanol–water partition coefficient (Wildman–Crippen LogP) is 7.27. The van der Waals surface area contributed by atoms with Gasteiger partial charge >= 0.3 is 6.18 Å². The molecule has 0 spiro atoms. The second-order valence-electron chi connectivity index (χ2n) is 7.73. The zero-order chi connectivity index (χ0) is 23.6. The summed E-state index contributed by atoms with van der Waals surface area (Å²) in [5.74, 6) is -0.615. The van der Waals surface area contributed by atoms with Gasteiger partial charge in [0, 0.05) is 30.5 Å². The van der Waals surface area contributed by atoms with Crippen LogP contribution in [0.2, 0.25) is 0 Å². The lowest BCUT2D eigenvalue weighted by atomic mass is 10.1. The van der Waals surface area contributed by atoms with E-state index >= 15 is 0 Å². The second-order valence-corrected chi connectivity index (χ2v) is 7.73. The van der Waals surface area contributed by atoms with Crippen molar-refractivity contribution >= 4 is 11.4 Å². The van der Waals surface area contributed by atoms with Crippen molar-refractivity contribution in [3.63, 3.8) is 0 Å². The topological polar surface area (TPSA) is 34.8 Å². The van der Waals surface area contributed by atoms with Crippen LogP contribution < -0.4 is 5.32 Å². The number of alkyl halides is 3. The van der Waals surface area contributed by atoms with E-state index in [1.165, 1.54) is 24.8 Å². The molecule has 2 aromatic heterocycles. The maximum Gasteiger partial charge on any atom is 0.435 e. The molecule has 0 radical (unpaired) electrons. The Morgan fingerprint density at radius 2 is 1.78 bits per heavy atom. The van der Waals surface area contributed by atoms with Crippen LogP contribution in [0.15, 0.2) is 48.2 Å². The Kier molecular flexibility index (Phi) is 6.81. The van der Waals surface area contributed by atoms with Gasteiger partial charge < -0.3 is 9.88 Å². The van der Waals surface area contributed by atoms with E-state index in [-0.39, 0.29) is 17.3 Å². The van der Waals surface area contributed by atoms with Crippen LogP contribution in [0.1, 0.15) is 58.0 Å². The Hall–Kier alpha value is -3.03. The van der Waals surface area contributed by atoms with Crippen molar-refractivity contribution in [1.29, 1.82) is 0 Å². The molecule has 1 aromatic carbocycles. The number of hydrogen-bond acceptors (Lipinski definition) is 2. The Balaban J connectivity index is 0.00000141. The standard InChI is InChI=1S/C22H22F4N4.C2H6/c1-13(2)30-10-4-5-18(30)21(14-6-7-14)27-15-8-9-16(17(23)11-15)19-12-20(22(24,25)26)28-29(19)3;1-2/h4-5,8-13,27H,6-7H2,1-3H3;1-2H3. The highest BCUT2D eigenvalue weighted by atomic mass is 19.4. The molecule has 4 rings (SSSR count). The Bertz CT molecular complexity index is 1110. The quantitative estimate of drug-likeness (QED) is 0.417. The molecule has 32 heavy (non-hydrogen) atoms. The van der Waals surface area contributed by atoms with Crippen molar-refractivity contribution in [3.8, 4) is 11.3 Å². The van der Waals surface area contributed by atoms with Crippen molar-refractivity contribution in [3.05, 3.63) is 65.4 Å². The third-order valence-corrected chi connectivity index (χ3v) is 5.13. The summed E-state index contributed by atoms with van der Waals surface area (Å²) in [5.41, 5.74) is 2.89. The van der Waals surface area contributed by atoms with E-state index in [0.717, 1.165) is 35.0 Å². The number of rotatable bonds is 5. The van der Waals surface area contributed by atoms with Gasteiger partial charge in [-0.2, -0.15) is 18.3 Å². The highest BCUT2D eigenvalue weighted by Crippen LogP contribution is 2.38. The van der Waals surface area contributed by atoms with Crippen LogP contribution in [0.5, 0.6) is 0 Å². The van der Waals surface area contributed by atoms with Crippen molar-refractivity contribution < 1.29 is 17.6 Å². The van der Waals surface area contributed by atoms with Crippen molar-refractivity contribution in [2.75, 3.05) is 5.32 Å². The summed E-state index contributed by atoms with van der Waals surface area (Å²) in [5, 5.41) is 6.78. The number of aryl methyl sites for hydroxylation is 1. The highest BCUT2D eigenvalue weighted by Gasteiger charge is 2.35. The maximum atomic E-state index is 14.9. The van der Waals surface area contributed by atoms with Gasteiger partial charge in [0.05, 0.1) is 17.1 Å². The Morgan fingerprint density at radius 3 is 2.31 bits per heavy atom. The molecule has 8 heteroatoms. The van der Waals surface area contributed by atoms with Gasteiger partial charge in [-0.1, -0.05) is 13.8 Å². The lowest BCUT2D eigenvalue weighted by molar-refractivity contribution is -0.141. The van der Waals surface area contributed by atoms with Crippen LogP contribution in [0.3, 0.4) is 0 Å². The number of hydrogen-bond donors (Lipinski definition) is 1. The van der Waals surface area contributed by atoms with E-state index in [9.17, 15) is 17.6 Å². The molecule has 1 fully saturated rings. The smallest absolute Gasteiger partial charge is 0.354 e. The number of benzene rings is 1. The molecule has 1 N–H and O–H groups in total.